The van der Waals surface area contributed by atoms with Crippen molar-refractivity contribution in [2.45, 2.75) is 38.3 Å². The first-order valence-corrected chi connectivity index (χ1v) is 11.4. The number of aromatic nitrogens is 1. The summed E-state index contributed by atoms with van der Waals surface area (Å²) >= 11 is 0. The van der Waals surface area contributed by atoms with Gasteiger partial charge >= 0.3 is 0 Å². The summed E-state index contributed by atoms with van der Waals surface area (Å²) in [6, 6.07) is 8.27. The van der Waals surface area contributed by atoms with Gasteiger partial charge in [0.15, 0.2) is 0 Å². The Balaban J connectivity index is 1.54. The summed E-state index contributed by atoms with van der Waals surface area (Å²) < 4.78 is 11.0. The molecule has 1 aromatic carbocycles. The molecule has 30 heavy (non-hydrogen) atoms. The Labute approximate surface area is 178 Å². The molecule has 4 aliphatic rings. The van der Waals surface area contributed by atoms with Crippen molar-refractivity contribution in [2.24, 2.45) is 11.8 Å². The van der Waals surface area contributed by atoms with Crippen molar-refractivity contribution in [3.63, 3.8) is 0 Å². The zero-order chi connectivity index (χ0) is 20.7. The van der Waals surface area contributed by atoms with E-state index in [0.29, 0.717) is 0 Å². The van der Waals surface area contributed by atoms with Gasteiger partial charge in [0.05, 0.1) is 31.9 Å². The van der Waals surface area contributed by atoms with Gasteiger partial charge in [0, 0.05) is 31.1 Å². The minimum absolute atomic E-state index is 0.181. The quantitative estimate of drug-likeness (QED) is 0.815. The van der Waals surface area contributed by atoms with Crippen LogP contribution in [0.3, 0.4) is 0 Å². The fourth-order valence-electron chi connectivity index (χ4n) is 5.72. The number of rotatable bonds is 5. The normalized spacial score (nSPS) is 29.9. The topological polar surface area (TPSA) is 58.1 Å². The largest absolute Gasteiger partial charge is 0.497 e. The monoisotopic (exact) mass is 411 g/mol. The predicted molar refractivity (Wildman–Crippen MR) is 118 cm³/mol. The minimum Gasteiger partial charge on any atom is -0.497 e. The third kappa shape index (κ3) is 3.55. The number of piperidine rings is 3. The van der Waals surface area contributed by atoms with Crippen LogP contribution >= 0.6 is 0 Å². The van der Waals surface area contributed by atoms with Crippen molar-refractivity contribution >= 4 is 16.7 Å². The van der Waals surface area contributed by atoms with E-state index >= 15 is 0 Å². The van der Waals surface area contributed by atoms with E-state index in [2.05, 4.69) is 22.8 Å². The Morgan fingerprint density at radius 1 is 1.23 bits per heavy atom. The predicted octanol–water partition coefficient (Wildman–Crippen LogP) is 3.23. The summed E-state index contributed by atoms with van der Waals surface area (Å²) in [6.07, 6.45) is 3.06. The molecule has 0 spiro atoms. The van der Waals surface area contributed by atoms with Gasteiger partial charge in [-0.1, -0.05) is 13.3 Å². The lowest BCUT2D eigenvalue weighted by atomic mass is 9.72. The fourth-order valence-corrected chi connectivity index (χ4v) is 5.72. The van der Waals surface area contributed by atoms with E-state index in [0.717, 1.165) is 85.7 Å². The zero-order valence-corrected chi connectivity index (χ0v) is 18.1. The molecule has 162 valence electrons. The Hall–Kier alpha value is -1.89. The molecular formula is C24H33N3O3. The number of hydrogen-bond acceptors (Lipinski definition) is 6. The van der Waals surface area contributed by atoms with E-state index in [4.69, 9.17) is 14.5 Å². The highest BCUT2D eigenvalue weighted by molar-refractivity contribution is 5.86. The molecule has 0 saturated carbocycles. The van der Waals surface area contributed by atoms with Crippen LogP contribution in [0, 0.1) is 11.8 Å². The van der Waals surface area contributed by atoms with Crippen LogP contribution in [0.2, 0.25) is 0 Å². The average Bonchev–Trinajstić information content (AvgIpc) is 2.83. The molecule has 0 amide bonds. The van der Waals surface area contributed by atoms with E-state index in [-0.39, 0.29) is 6.04 Å². The van der Waals surface area contributed by atoms with Crippen molar-refractivity contribution in [3.8, 4) is 5.75 Å². The maximum absolute atomic E-state index is 11.7. The molecule has 6 heteroatoms. The van der Waals surface area contributed by atoms with Gasteiger partial charge in [0.2, 0.25) is 0 Å². The number of morpholine rings is 1. The Bertz CT molecular complexity index is 899. The number of nitrogens with zero attached hydrogens (tertiary/aromatic N) is 3. The molecule has 6 rings (SSSR count). The smallest absolute Gasteiger partial charge is 0.129 e. The SMILES string of the molecule is CC[C@H]1CN2CC[C@H]1C[C@H]2[C@H](O)c1cc(N2CCOCC2)nc2ccc(OC)cc12. The number of hydrogen-bond donors (Lipinski definition) is 1. The van der Waals surface area contributed by atoms with Gasteiger partial charge in [-0.3, -0.25) is 4.90 Å². The Morgan fingerprint density at radius 3 is 2.77 bits per heavy atom. The van der Waals surface area contributed by atoms with Crippen LogP contribution in [-0.2, 0) is 4.74 Å². The van der Waals surface area contributed by atoms with Crippen LogP contribution in [-0.4, -0.2) is 67.5 Å². The first-order chi connectivity index (χ1) is 14.7. The number of anilines is 1. The van der Waals surface area contributed by atoms with Crippen LogP contribution in [0.4, 0.5) is 5.82 Å². The van der Waals surface area contributed by atoms with Crippen molar-refractivity contribution < 1.29 is 14.6 Å². The summed E-state index contributed by atoms with van der Waals surface area (Å²) in [5.41, 5.74) is 1.89. The number of ether oxygens (including phenoxy) is 2. The van der Waals surface area contributed by atoms with Crippen LogP contribution in [0.15, 0.2) is 24.3 Å². The maximum Gasteiger partial charge on any atom is 0.129 e. The molecule has 2 bridgehead atoms. The standard InChI is InChI=1S/C24H33N3O3/c1-3-16-15-27-7-6-17(16)12-22(27)24(28)20-14-23(26-8-10-30-11-9-26)25-21-5-4-18(29-2)13-19(20)21/h4-5,13-14,16-17,22,24,28H,3,6-12,15H2,1-2H3/t16-,17-,22-,24+/m0/s1. The summed E-state index contributed by atoms with van der Waals surface area (Å²) in [6.45, 7) is 7.62. The highest BCUT2D eigenvalue weighted by Gasteiger charge is 2.42. The Morgan fingerprint density at radius 2 is 2.07 bits per heavy atom. The van der Waals surface area contributed by atoms with E-state index in [1.54, 1.807) is 7.11 Å². The summed E-state index contributed by atoms with van der Waals surface area (Å²) in [7, 11) is 1.68. The third-order valence-corrected chi connectivity index (χ3v) is 7.51. The van der Waals surface area contributed by atoms with Crippen LogP contribution in [0.5, 0.6) is 5.75 Å². The summed E-state index contributed by atoms with van der Waals surface area (Å²) in [4.78, 5) is 9.72. The molecule has 0 radical (unpaired) electrons. The molecule has 1 unspecified atom stereocenters. The highest BCUT2D eigenvalue weighted by Crippen LogP contribution is 2.43. The molecule has 1 N–H and O–H groups in total. The molecule has 4 aliphatic heterocycles. The molecule has 4 saturated heterocycles. The van der Waals surface area contributed by atoms with Gasteiger partial charge in [0.1, 0.15) is 11.6 Å². The van der Waals surface area contributed by atoms with Crippen molar-refractivity contribution in [1.82, 2.24) is 9.88 Å². The first kappa shape index (κ1) is 20.0. The van der Waals surface area contributed by atoms with Crippen molar-refractivity contribution in [3.05, 3.63) is 29.8 Å². The lowest BCUT2D eigenvalue weighted by Gasteiger charge is -2.51. The van der Waals surface area contributed by atoms with Gasteiger partial charge in [-0.15, -0.1) is 0 Å². The van der Waals surface area contributed by atoms with E-state index in [9.17, 15) is 5.11 Å². The average molecular weight is 412 g/mol. The second-order valence-corrected chi connectivity index (χ2v) is 9.01. The number of aliphatic hydroxyl groups excluding tert-OH is 1. The lowest BCUT2D eigenvalue weighted by Crippen LogP contribution is -2.55. The molecule has 1 aromatic heterocycles. The van der Waals surface area contributed by atoms with Gasteiger partial charge in [-0.25, -0.2) is 4.98 Å². The number of methoxy groups -OCH3 is 1. The number of pyridine rings is 1. The van der Waals surface area contributed by atoms with Crippen LogP contribution < -0.4 is 9.64 Å². The second-order valence-electron chi connectivity index (χ2n) is 9.01. The molecule has 4 fully saturated rings. The Kier molecular flexibility index (Phi) is 5.56. The van der Waals surface area contributed by atoms with Crippen molar-refractivity contribution in [1.29, 1.82) is 0 Å². The van der Waals surface area contributed by atoms with Gasteiger partial charge in [-0.2, -0.15) is 0 Å². The molecule has 0 aliphatic carbocycles. The minimum atomic E-state index is -0.525. The van der Waals surface area contributed by atoms with E-state index < -0.39 is 6.10 Å². The van der Waals surface area contributed by atoms with Crippen LogP contribution in [0.25, 0.3) is 10.9 Å². The van der Waals surface area contributed by atoms with Gasteiger partial charge in [0.25, 0.3) is 0 Å². The number of fused-ring (bicyclic) bond motifs is 4. The number of benzene rings is 1. The lowest BCUT2D eigenvalue weighted by molar-refractivity contribution is -0.0562. The number of aliphatic hydroxyl groups is 1. The maximum atomic E-state index is 11.7. The van der Waals surface area contributed by atoms with Crippen LogP contribution in [0.1, 0.15) is 37.9 Å². The van der Waals surface area contributed by atoms with Gasteiger partial charge < -0.3 is 19.5 Å². The second kappa shape index (κ2) is 8.33. The molecule has 5 heterocycles. The van der Waals surface area contributed by atoms with Crippen molar-refractivity contribution in [2.75, 3.05) is 51.4 Å². The van der Waals surface area contributed by atoms with E-state index in [1.807, 2.05) is 18.2 Å². The van der Waals surface area contributed by atoms with E-state index in [1.165, 1.54) is 12.8 Å². The zero-order valence-electron chi connectivity index (χ0n) is 18.1. The van der Waals surface area contributed by atoms with Gasteiger partial charge in [-0.05, 0) is 61.1 Å². The molecule has 2 aromatic rings. The third-order valence-electron chi connectivity index (χ3n) is 7.51. The first-order valence-electron chi connectivity index (χ1n) is 11.4. The fraction of sp³-hybridized carbons (Fsp3) is 0.625. The highest BCUT2D eigenvalue weighted by atomic mass is 16.5. The summed E-state index contributed by atoms with van der Waals surface area (Å²) in [5, 5.41) is 12.7. The molecular weight excluding hydrogens is 378 g/mol. The molecule has 6 nitrogen and oxygen atoms in total. The molecule has 5 atom stereocenters. The summed E-state index contributed by atoms with van der Waals surface area (Å²) in [5.74, 6) is 3.25.